The zero-order valence-electron chi connectivity index (χ0n) is 15.0. The molecule has 0 radical (unpaired) electrons. The smallest absolute Gasteiger partial charge is 0.263 e. The molecule has 132 valence electrons. The predicted octanol–water partition coefficient (Wildman–Crippen LogP) is 4.93. The van der Waals surface area contributed by atoms with E-state index in [0.29, 0.717) is 6.04 Å². The van der Waals surface area contributed by atoms with Crippen LogP contribution in [-0.2, 0) is 12.8 Å². The molecule has 0 N–H and O–H groups in total. The third kappa shape index (κ3) is 3.08. The highest BCUT2D eigenvalue weighted by Crippen LogP contribution is 2.41. The van der Waals surface area contributed by atoms with E-state index < -0.39 is 0 Å². The second-order valence-corrected chi connectivity index (χ2v) is 8.25. The normalized spacial score (nSPS) is 16.9. The molecular weight excluding hydrogens is 330 g/mol. The molecule has 0 unspecified atom stereocenters. The number of amides is 1. The number of aryl methyl sites for hydroxylation is 2. The first kappa shape index (κ1) is 16.6. The molecule has 1 saturated carbocycles. The van der Waals surface area contributed by atoms with Gasteiger partial charge in [-0.25, -0.2) is 0 Å². The lowest BCUT2D eigenvalue weighted by atomic mass is 9.91. The minimum absolute atomic E-state index is 0.191. The highest BCUT2D eigenvalue weighted by atomic mass is 32.1. The summed E-state index contributed by atoms with van der Waals surface area (Å²) >= 11 is 1.65. The monoisotopic (exact) mass is 355 g/mol. The Morgan fingerprint density at radius 2 is 1.88 bits per heavy atom. The van der Waals surface area contributed by atoms with Crippen molar-refractivity contribution in [2.45, 2.75) is 51.0 Å². The summed E-state index contributed by atoms with van der Waals surface area (Å²) in [5, 5.41) is 0. The van der Waals surface area contributed by atoms with Crippen LogP contribution in [0.2, 0.25) is 0 Å². The number of carbonyl (C=O) groups excluding carboxylic acids is 1. The Labute approximate surface area is 153 Å². The molecular formula is C21H25NO2S. The third-order valence-corrected chi connectivity index (χ3v) is 6.89. The van der Waals surface area contributed by atoms with Crippen LogP contribution >= 0.6 is 11.3 Å². The first-order valence-corrected chi connectivity index (χ1v) is 10.1. The lowest BCUT2D eigenvalue weighted by Gasteiger charge is -2.30. The van der Waals surface area contributed by atoms with Crippen molar-refractivity contribution in [2.24, 2.45) is 0 Å². The number of thiophene rings is 1. The van der Waals surface area contributed by atoms with Crippen molar-refractivity contribution in [3.05, 3.63) is 40.3 Å². The summed E-state index contributed by atoms with van der Waals surface area (Å²) in [6, 6.07) is 8.84. The van der Waals surface area contributed by atoms with Crippen LogP contribution < -0.4 is 4.74 Å². The summed E-state index contributed by atoms with van der Waals surface area (Å²) < 4.78 is 5.40. The highest BCUT2D eigenvalue weighted by molar-refractivity contribution is 7.17. The highest BCUT2D eigenvalue weighted by Gasteiger charge is 2.27. The van der Waals surface area contributed by atoms with Gasteiger partial charge in [0.1, 0.15) is 5.75 Å². The number of methoxy groups -OCH3 is 1. The number of ether oxygens (including phenoxy) is 1. The second-order valence-electron chi connectivity index (χ2n) is 7.20. The lowest BCUT2D eigenvalue weighted by Crippen LogP contribution is -2.37. The second kappa shape index (κ2) is 6.83. The zero-order valence-corrected chi connectivity index (χ0v) is 15.8. The van der Waals surface area contributed by atoms with Crippen molar-refractivity contribution >= 4 is 17.2 Å². The molecule has 4 rings (SSSR count). The average Bonchev–Trinajstić information content (AvgIpc) is 3.12. The molecule has 2 aromatic rings. The summed E-state index contributed by atoms with van der Waals surface area (Å²) in [4.78, 5) is 17.1. The fourth-order valence-corrected chi connectivity index (χ4v) is 5.38. The molecule has 1 aromatic heterocycles. The van der Waals surface area contributed by atoms with E-state index in [1.165, 1.54) is 40.8 Å². The first-order valence-electron chi connectivity index (χ1n) is 9.24. The molecule has 1 fully saturated rings. The van der Waals surface area contributed by atoms with Crippen molar-refractivity contribution in [3.63, 3.8) is 0 Å². The topological polar surface area (TPSA) is 29.5 Å². The maximum absolute atomic E-state index is 13.0. The van der Waals surface area contributed by atoms with E-state index in [1.807, 2.05) is 18.0 Å². The van der Waals surface area contributed by atoms with Crippen LogP contribution in [0.25, 0.3) is 10.4 Å². The van der Waals surface area contributed by atoms with Crippen molar-refractivity contribution in [3.8, 4) is 16.2 Å². The number of fused-ring (bicyclic) bond motifs is 3. The molecule has 2 aliphatic rings. The largest absolute Gasteiger partial charge is 0.497 e. The molecule has 1 heterocycles. The number of hydrogen-bond acceptors (Lipinski definition) is 3. The summed E-state index contributed by atoms with van der Waals surface area (Å²) in [5.74, 6) is 1.07. The quantitative estimate of drug-likeness (QED) is 0.781. The molecule has 0 saturated heterocycles. The van der Waals surface area contributed by atoms with Gasteiger partial charge in [-0.2, -0.15) is 0 Å². The zero-order chi connectivity index (χ0) is 17.4. The molecule has 1 aromatic carbocycles. The predicted molar refractivity (Wildman–Crippen MR) is 103 cm³/mol. The van der Waals surface area contributed by atoms with Crippen LogP contribution in [0.3, 0.4) is 0 Å². The fraction of sp³-hybridized carbons (Fsp3) is 0.476. The van der Waals surface area contributed by atoms with Gasteiger partial charge >= 0.3 is 0 Å². The van der Waals surface area contributed by atoms with Crippen molar-refractivity contribution in [1.82, 2.24) is 4.90 Å². The third-order valence-electron chi connectivity index (χ3n) is 5.69. The Balaban J connectivity index is 1.63. The van der Waals surface area contributed by atoms with Crippen LogP contribution in [-0.4, -0.2) is 31.0 Å². The Bertz CT molecular complexity index is 789. The molecule has 1 amide bonds. The van der Waals surface area contributed by atoms with E-state index in [4.69, 9.17) is 4.74 Å². The summed E-state index contributed by atoms with van der Waals surface area (Å²) in [6.07, 6.45) is 8.15. The van der Waals surface area contributed by atoms with Gasteiger partial charge in [0, 0.05) is 18.0 Å². The summed E-state index contributed by atoms with van der Waals surface area (Å²) in [7, 11) is 3.68. The number of benzene rings is 1. The van der Waals surface area contributed by atoms with Crippen LogP contribution in [0, 0.1) is 0 Å². The van der Waals surface area contributed by atoms with Gasteiger partial charge in [0.2, 0.25) is 0 Å². The molecule has 4 heteroatoms. The van der Waals surface area contributed by atoms with E-state index in [-0.39, 0.29) is 5.91 Å². The molecule has 25 heavy (non-hydrogen) atoms. The van der Waals surface area contributed by atoms with E-state index in [1.54, 1.807) is 18.4 Å². The Morgan fingerprint density at radius 3 is 2.64 bits per heavy atom. The van der Waals surface area contributed by atoms with Crippen LogP contribution in [0.5, 0.6) is 5.75 Å². The molecule has 0 atom stereocenters. The van der Waals surface area contributed by atoms with Gasteiger partial charge in [-0.3, -0.25) is 4.79 Å². The van der Waals surface area contributed by atoms with Gasteiger partial charge in [-0.15, -0.1) is 11.3 Å². The van der Waals surface area contributed by atoms with Gasteiger partial charge in [-0.1, -0.05) is 25.3 Å². The average molecular weight is 356 g/mol. The summed E-state index contributed by atoms with van der Waals surface area (Å²) in [5.41, 5.74) is 3.91. The molecule has 0 bridgehead atoms. The SMILES string of the molecule is COc1ccc2c(c1)-c1sc(C(=O)N(C)C3CCCCC3)cc1CC2. The van der Waals surface area contributed by atoms with Gasteiger partial charge in [-0.05, 0) is 60.6 Å². The number of nitrogens with zero attached hydrogens (tertiary/aromatic N) is 1. The number of rotatable bonds is 3. The van der Waals surface area contributed by atoms with E-state index in [2.05, 4.69) is 18.2 Å². The van der Waals surface area contributed by atoms with E-state index >= 15 is 0 Å². The minimum atomic E-state index is 0.191. The Kier molecular flexibility index (Phi) is 4.55. The fourth-order valence-electron chi connectivity index (χ4n) is 4.14. The standard InChI is InChI=1S/C21H25NO2S/c1-22(16-6-4-3-5-7-16)21(23)19-12-15-9-8-14-10-11-17(24-2)13-18(14)20(15)25-19/h10-13,16H,3-9H2,1-2H3. The van der Waals surface area contributed by atoms with Crippen molar-refractivity contribution in [1.29, 1.82) is 0 Å². The lowest BCUT2D eigenvalue weighted by molar-refractivity contribution is 0.0701. The van der Waals surface area contributed by atoms with E-state index in [0.717, 1.165) is 36.3 Å². The molecule has 3 nitrogen and oxygen atoms in total. The molecule has 0 aliphatic heterocycles. The van der Waals surface area contributed by atoms with Crippen LogP contribution in [0.4, 0.5) is 0 Å². The first-order chi connectivity index (χ1) is 12.2. The van der Waals surface area contributed by atoms with Gasteiger partial charge in [0.15, 0.2) is 0 Å². The van der Waals surface area contributed by atoms with Gasteiger partial charge < -0.3 is 9.64 Å². The van der Waals surface area contributed by atoms with Crippen molar-refractivity contribution in [2.75, 3.05) is 14.2 Å². The number of hydrogen-bond donors (Lipinski definition) is 0. The van der Waals surface area contributed by atoms with Gasteiger partial charge in [0.25, 0.3) is 5.91 Å². The molecule has 2 aliphatic carbocycles. The maximum Gasteiger partial charge on any atom is 0.263 e. The minimum Gasteiger partial charge on any atom is -0.497 e. The summed E-state index contributed by atoms with van der Waals surface area (Å²) in [6.45, 7) is 0. The number of carbonyl (C=O) groups is 1. The van der Waals surface area contributed by atoms with E-state index in [9.17, 15) is 4.79 Å². The van der Waals surface area contributed by atoms with Crippen molar-refractivity contribution < 1.29 is 9.53 Å². The Morgan fingerprint density at radius 1 is 1.12 bits per heavy atom. The Hall–Kier alpha value is -1.81. The van der Waals surface area contributed by atoms with Crippen LogP contribution in [0.15, 0.2) is 24.3 Å². The maximum atomic E-state index is 13.0. The molecule has 0 spiro atoms. The van der Waals surface area contributed by atoms with Gasteiger partial charge in [0.05, 0.1) is 12.0 Å². The van der Waals surface area contributed by atoms with Crippen LogP contribution in [0.1, 0.15) is 52.9 Å².